The van der Waals surface area contributed by atoms with Crippen molar-refractivity contribution in [1.82, 2.24) is 10.2 Å². The lowest BCUT2D eigenvalue weighted by Crippen LogP contribution is -2.32. The lowest BCUT2D eigenvalue weighted by Gasteiger charge is -2.11. The van der Waals surface area contributed by atoms with E-state index in [2.05, 4.69) is 5.32 Å². The van der Waals surface area contributed by atoms with Gasteiger partial charge < -0.3 is 14.5 Å². The van der Waals surface area contributed by atoms with Gasteiger partial charge in [-0.15, -0.1) is 0 Å². The summed E-state index contributed by atoms with van der Waals surface area (Å²) in [6.07, 6.45) is 3.68. The van der Waals surface area contributed by atoms with E-state index in [4.69, 9.17) is 33.0 Å². The van der Waals surface area contributed by atoms with E-state index in [1.807, 2.05) is 18.2 Å². The molecule has 1 aliphatic carbocycles. The molecule has 0 spiro atoms. The second kappa shape index (κ2) is 6.54. The topological polar surface area (TPSA) is 54.7 Å². The highest BCUT2D eigenvalue weighted by Crippen LogP contribution is 2.31. The first-order valence-electron chi connectivity index (χ1n) is 7.93. The molecule has 128 valence electrons. The van der Waals surface area contributed by atoms with Crippen molar-refractivity contribution in [3.05, 3.63) is 58.6 Å². The van der Waals surface area contributed by atoms with Gasteiger partial charge in [-0.2, -0.15) is 0 Å². The maximum atomic E-state index is 12.4. The van der Waals surface area contributed by atoms with Crippen LogP contribution in [0.4, 0.5) is 0 Å². The lowest BCUT2D eigenvalue weighted by molar-refractivity contribution is -0.122. The lowest BCUT2D eigenvalue weighted by atomic mass is 10.3. The first-order valence-corrected chi connectivity index (χ1v) is 8.72. The number of halogens is 1. The Hall–Kier alpha value is -2.31. The zero-order valence-corrected chi connectivity index (χ0v) is 14.8. The second-order valence-corrected chi connectivity index (χ2v) is 6.77. The molecule has 1 N–H and O–H groups in total. The van der Waals surface area contributed by atoms with Crippen LogP contribution in [0.15, 0.2) is 46.5 Å². The number of benzene rings is 1. The second-order valence-electron chi connectivity index (χ2n) is 5.94. The molecular weight excluding hydrogens is 360 g/mol. The summed E-state index contributed by atoms with van der Waals surface area (Å²) in [5, 5.41) is 4.04. The van der Waals surface area contributed by atoms with Gasteiger partial charge in [-0.05, 0) is 55.4 Å². The molecule has 1 aromatic heterocycles. The number of ether oxygens (including phenoxy) is 1. The molecule has 1 aliphatic heterocycles. The maximum absolute atomic E-state index is 12.4. The molecule has 2 aromatic rings. The van der Waals surface area contributed by atoms with Crippen LogP contribution in [0.3, 0.4) is 0 Å². The number of hydrogen-bond donors (Lipinski definition) is 1. The van der Waals surface area contributed by atoms with Gasteiger partial charge >= 0.3 is 0 Å². The number of furan rings is 1. The van der Waals surface area contributed by atoms with Crippen LogP contribution >= 0.6 is 23.8 Å². The Morgan fingerprint density at radius 3 is 2.96 bits per heavy atom. The summed E-state index contributed by atoms with van der Waals surface area (Å²) in [5.74, 6) is 1.79. The molecule has 2 aliphatic rings. The fraction of sp³-hybridized carbons (Fsp3) is 0.222. The van der Waals surface area contributed by atoms with Crippen molar-refractivity contribution < 1.29 is 13.9 Å². The highest BCUT2D eigenvalue weighted by Gasteiger charge is 2.41. The maximum Gasteiger partial charge on any atom is 0.276 e. The Morgan fingerprint density at radius 2 is 2.20 bits per heavy atom. The molecule has 0 bridgehead atoms. The van der Waals surface area contributed by atoms with E-state index < -0.39 is 0 Å². The van der Waals surface area contributed by atoms with Crippen molar-refractivity contribution >= 4 is 40.9 Å². The summed E-state index contributed by atoms with van der Waals surface area (Å²) in [6.45, 7) is 0.275. The number of carbonyl (C=O) groups is 1. The quantitative estimate of drug-likeness (QED) is 0.638. The third-order valence-electron chi connectivity index (χ3n) is 3.97. The molecule has 0 unspecified atom stereocenters. The fourth-order valence-corrected chi connectivity index (χ4v) is 3.14. The van der Waals surface area contributed by atoms with Crippen molar-refractivity contribution in [2.75, 3.05) is 0 Å². The molecule has 2 heterocycles. The zero-order valence-electron chi connectivity index (χ0n) is 13.2. The summed E-state index contributed by atoms with van der Waals surface area (Å²) in [7, 11) is 0. The van der Waals surface area contributed by atoms with Crippen LogP contribution in [0, 0.1) is 0 Å². The van der Waals surface area contributed by atoms with E-state index in [-0.39, 0.29) is 18.6 Å². The molecule has 0 radical (unpaired) electrons. The number of carbonyl (C=O) groups excluding carboxylic acids is 1. The first-order chi connectivity index (χ1) is 12.1. The molecule has 1 amide bonds. The summed E-state index contributed by atoms with van der Waals surface area (Å²) >= 11 is 11.2. The summed E-state index contributed by atoms with van der Waals surface area (Å²) in [6, 6.07) is 11.0. The number of nitrogens with zero attached hydrogens (tertiary/aromatic N) is 1. The third kappa shape index (κ3) is 3.55. The monoisotopic (exact) mass is 374 g/mol. The van der Waals surface area contributed by atoms with Crippen LogP contribution in [0.2, 0.25) is 5.02 Å². The minimum atomic E-state index is -0.0966. The SMILES string of the molecule is O=C1/C(=C\c2ccc(COc3cccc(Cl)c3)o2)NC(=S)N1C1CC1. The molecule has 25 heavy (non-hydrogen) atoms. The van der Waals surface area contributed by atoms with E-state index in [0.29, 0.717) is 33.1 Å². The van der Waals surface area contributed by atoms with Gasteiger partial charge in [0.25, 0.3) is 5.91 Å². The summed E-state index contributed by atoms with van der Waals surface area (Å²) < 4.78 is 11.3. The van der Waals surface area contributed by atoms with Gasteiger partial charge in [0.1, 0.15) is 29.6 Å². The van der Waals surface area contributed by atoms with Crippen molar-refractivity contribution in [3.63, 3.8) is 0 Å². The van der Waals surface area contributed by atoms with E-state index >= 15 is 0 Å². The summed E-state index contributed by atoms with van der Waals surface area (Å²) in [4.78, 5) is 14.0. The smallest absolute Gasteiger partial charge is 0.276 e. The van der Waals surface area contributed by atoms with Gasteiger partial charge in [0, 0.05) is 17.1 Å². The number of hydrogen-bond acceptors (Lipinski definition) is 4. The van der Waals surface area contributed by atoms with E-state index in [1.54, 1.807) is 29.2 Å². The van der Waals surface area contributed by atoms with Crippen LogP contribution in [-0.4, -0.2) is 22.0 Å². The Balaban J connectivity index is 1.43. The number of rotatable bonds is 5. The molecular formula is C18H15ClN2O3S. The third-order valence-corrected chi connectivity index (χ3v) is 4.50. The Morgan fingerprint density at radius 1 is 1.36 bits per heavy atom. The Labute approximate surface area is 155 Å². The van der Waals surface area contributed by atoms with Crippen molar-refractivity contribution in [2.24, 2.45) is 0 Å². The van der Waals surface area contributed by atoms with Gasteiger partial charge in [-0.3, -0.25) is 9.69 Å². The predicted octanol–water partition coefficient (Wildman–Crippen LogP) is 3.73. The van der Waals surface area contributed by atoms with Crippen LogP contribution in [0.25, 0.3) is 6.08 Å². The van der Waals surface area contributed by atoms with E-state index in [9.17, 15) is 4.79 Å². The van der Waals surface area contributed by atoms with Crippen LogP contribution in [0.1, 0.15) is 24.4 Å². The van der Waals surface area contributed by atoms with Gasteiger partial charge in [0.2, 0.25) is 0 Å². The highest BCUT2D eigenvalue weighted by molar-refractivity contribution is 7.80. The normalized spacial score (nSPS) is 18.8. The average Bonchev–Trinajstić information content (AvgIpc) is 3.24. The number of thiocarbonyl (C=S) groups is 1. The minimum absolute atomic E-state index is 0.0966. The number of amides is 1. The zero-order chi connectivity index (χ0) is 17.4. The van der Waals surface area contributed by atoms with Crippen LogP contribution < -0.4 is 10.1 Å². The Kier molecular flexibility index (Phi) is 4.23. The molecule has 2 fully saturated rings. The molecule has 4 rings (SSSR count). The van der Waals surface area contributed by atoms with E-state index in [0.717, 1.165) is 12.8 Å². The predicted molar refractivity (Wildman–Crippen MR) is 98.1 cm³/mol. The summed E-state index contributed by atoms with van der Waals surface area (Å²) in [5.41, 5.74) is 0.438. The first kappa shape index (κ1) is 16.2. The largest absolute Gasteiger partial charge is 0.486 e. The number of nitrogens with one attached hydrogen (secondary N) is 1. The molecule has 1 aromatic carbocycles. The molecule has 0 atom stereocenters. The molecule has 1 saturated heterocycles. The fourth-order valence-electron chi connectivity index (χ4n) is 2.62. The van der Waals surface area contributed by atoms with Gasteiger partial charge in [0.05, 0.1) is 0 Å². The Bertz CT molecular complexity index is 873. The van der Waals surface area contributed by atoms with Crippen LogP contribution in [-0.2, 0) is 11.4 Å². The minimum Gasteiger partial charge on any atom is -0.486 e. The van der Waals surface area contributed by atoms with Gasteiger partial charge in [-0.1, -0.05) is 17.7 Å². The average molecular weight is 375 g/mol. The molecule has 1 saturated carbocycles. The van der Waals surface area contributed by atoms with Crippen LogP contribution in [0.5, 0.6) is 5.75 Å². The van der Waals surface area contributed by atoms with Gasteiger partial charge in [-0.25, -0.2) is 0 Å². The van der Waals surface area contributed by atoms with Gasteiger partial charge in [0.15, 0.2) is 5.11 Å². The van der Waals surface area contributed by atoms with Crippen molar-refractivity contribution in [3.8, 4) is 5.75 Å². The standard InChI is InChI=1S/C18H15ClN2O3S/c19-11-2-1-3-13(8-11)23-10-15-7-6-14(24-15)9-16-17(22)21(12-4-5-12)18(25)20-16/h1-3,6-9,12H,4-5,10H2,(H,20,25)/b16-9+. The van der Waals surface area contributed by atoms with Crippen molar-refractivity contribution in [1.29, 1.82) is 0 Å². The van der Waals surface area contributed by atoms with E-state index in [1.165, 1.54) is 0 Å². The molecule has 5 nitrogen and oxygen atoms in total. The molecule has 7 heteroatoms. The van der Waals surface area contributed by atoms with Crippen molar-refractivity contribution in [2.45, 2.75) is 25.5 Å². The highest BCUT2D eigenvalue weighted by atomic mass is 35.5.